The van der Waals surface area contributed by atoms with Crippen LogP contribution >= 0.6 is 67.8 Å². The molecule has 0 heterocycles. The zero-order chi connectivity index (χ0) is 10.9. The molecule has 0 atom stereocenters. The zero-order valence-corrected chi connectivity index (χ0v) is 14.5. The van der Waals surface area contributed by atoms with Gasteiger partial charge in [-0.15, -0.1) is 0 Å². The van der Waals surface area contributed by atoms with Gasteiger partial charge in [-0.2, -0.15) is 0 Å². The summed E-state index contributed by atoms with van der Waals surface area (Å²) in [5, 5.41) is 0. The van der Waals surface area contributed by atoms with Gasteiger partial charge in [-0.05, 0) is 47.2 Å². The molecule has 0 bridgehead atoms. The van der Waals surface area contributed by atoms with Crippen LogP contribution in [0.25, 0.3) is 0 Å². The molecule has 0 radical (unpaired) electrons. The van der Waals surface area contributed by atoms with Crippen LogP contribution in [0, 0.1) is 10.5 Å². The summed E-state index contributed by atoms with van der Waals surface area (Å²) in [6, 6.07) is 5.38. The lowest BCUT2D eigenvalue weighted by atomic mass is 10.2. The third-order valence-electron chi connectivity index (χ3n) is 1.63. The van der Waals surface area contributed by atoms with E-state index < -0.39 is 11.1 Å². The van der Waals surface area contributed by atoms with Crippen molar-refractivity contribution in [2.45, 2.75) is 13.1 Å². The summed E-state index contributed by atoms with van der Waals surface area (Å²) in [7, 11) is -3.16. The average molecular weight is 548 g/mol. The lowest BCUT2D eigenvalue weighted by Crippen LogP contribution is -2.10. The highest BCUT2D eigenvalue weighted by atomic mass is 127. The lowest BCUT2D eigenvalue weighted by molar-refractivity contribution is 0.600. The summed E-state index contributed by atoms with van der Waals surface area (Å²) >= 11 is 5.88. The van der Waals surface area contributed by atoms with Gasteiger partial charge in [0.25, 0.3) is 0 Å². The molecule has 0 aliphatic rings. The maximum atomic E-state index is 11.8. The van der Waals surface area contributed by atoms with Crippen LogP contribution in [0.2, 0.25) is 0 Å². The molecule has 0 aliphatic heterocycles. The maximum Gasteiger partial charge on any atom is 0.200 e. The number of aryl methyl sites for hydroxylation is 1. The Morgan fingerprint density at radius 3 is 2.29 bits per heavy atom. The number of halogens is 3. The van der Waals surface area contributed by atoms with E-state index in [0.717, 1.165) is 9.13 Å². The molecule has 0 amide bonds. The lowest BCUT2D eigenvalue weighted by Gasteiger charge is -2.07. The minimum Gasteiger partial charge on any atom is -0.222 e. The quantitative estimate of drug-likeness (QED) is 0.419. The molecule has 0 aromatic heterocycles. The molecule has 0 aliphatic carbocycles. The van der Waals surface area contributed by atoms with Gasteiger partial charge in [0.05, 0.1) is 4.90 Å². The van der Waals surface area contributed by atoms with Crippen LogP contribution in [-0.2, 0) is 9.84 Å². The van der Waals surface area contributed by atoms with E-state index >= 15 is 0 Å². The van der Waals surface area contributed by atoms with Gasteiger partial charge in [0.15, 0.2) is 1.26 Å². The van der Waals surface area contributed by atoms with E-state index in [9.17, 15) is 8.42 Å². The highest BCUT2D eigenvalue weighted by molar-refractivity contribution is 14.2. The van der Waals surface area contributed by atoms with Gasteiger partial charge in [0.1, 0.15) is 0 Å². The molecule has 0 spiro atoms. The van der Waals surface area contributed by atoms with Crippen molar-refractivity contribution >= 4 is 77.6 Å². The molecule has 0 fully saturated rings. The van der Waals surface area contributed by atoms with Crippen molar-refractivity contribution in [3.8, 4) is 0 Å². The largest absolute Gasteiger partial charge is 0.222 e. The standard InChI is InChI=1S/C8H7I3O2S/c1-5-2-3-7(6(9)4-5)14(12,13)8(10)11/h2-4,8H,1H3. The molecule has 1 aromatic carbocycles. The van der Waals surface area contributed by atoms with Gasteiger partial charge < -0.3 is 0 Å². The van der Waals surface area contributed by atoms with Crippen molar-refractivity contribution in [2.75, 3.05) is 0 Å². The van der Waals surface area contributed by atoms with Gasteiger partial charge in [-0.3, -0.25) is 0 Å². The molecule has 2 nitrogen and oxygen atoms in total. The molecule has 78 valence electrons. The summed E-state index contributed by atoms with van der Waals surface area (Å²) in [6.07, 6.45) is 0. The smallest absolute Gasteiger partial charge is 0.200 e. The number of hydrogen-bond acceptors (Lipinski definition) is 2. The normalized spacial score (nSPS) is 12.1. The molecule has 0 saturated heterocycles. The van der Waals surface area contributed by atoms with E-state index in [1.165, 1.54) is 0 Å². The minimum absolute atomic E-state index is 0.422. The molecular formula is C8H7I3O2S. The van der Waals surface area contributed by atoms with Crippen LogP contribution in [0.15, 0.2) is 23.1 Å². The monoisotopic (exact) mass is 548 g/mol. The second kappa shape index (κ2) is 5.13. The maximum absolute atomic E-state index is 11.8. The van der Waals surface area contributed by atoms with Gasteiger partial charge in [-0.25, -0.2) is 8.42 Å². The van der Waals surface area contributed by atoms with E-state index in [4.69, 9.17) is 0 Å². The fourth-order valence-corrected chi connectivity index (χ4v) is 4.95. The van der Waals surface area contributed by atoms with Gasteiger partial charge in [0, 0.05) is 3.57 Å². The third-order valence-corrected chi connectivity index (χ3v) is 8.34. The van der Waals surface area contributed by atoms with Crippen molar-refractivity contribution in [3.05, 3.63) is 27.3 Å². The Hall–Kier alpha value is 1.36. The van der Waals surface area contributed by atoms with Crippen LogP contribution in [-0.4, -0.2) is 9.68 Å². The van der Waals surface area contributed by atoms with Crippen molar-refractivity contribution in [3.63, 3.8) is 0 Å². The second-order valence-electron chi connectivity index (χ2n) is 2.74. The molecule has 1 rings (SSSR count). The summed E-state index contributed by atoms with van der Waals surface area (Å²) in [4.78, 5) is 0.428. The van der Waals surface area contributed by atoms with Crippen molar-refractivity contribution in [1.29, 1.82) is 0 Å². The molecule has 1 aromatic rings. The number of hydrogen-bond donors (Lipinski definition) is 0. The number of rotatable bonds is 2. The minimum atomic E-state index is -3.16. The van der Waals surface area contributed by atoms with Gasteiger partial charge in [-0.1, -0.05) is 51.2 Å². The Morgan fingerprint density at radius 1 is 1.29 bits per heavy atom. The van der Waals surface area contributed by atoms with Crippen LogP contribution < -0.4 is 0 Å². The van der Waals surface area contributed by atoms with Crippen molar-refractivity contribution < 1.29 is 8.42 Å². The Bertz CT molecular complexity index is 440. The van der Waals surface area contributed by atoms with Crippen molar-refractivity contribution in [2.24, 2.45) is 0 Å². The van der Waals surface area contributed by atoms with E-state index in [-0.39, 0.29) is 0 Å². The van der Waals surface area contributed by atoms with E-state index in [1.807, 2.05) is 64.2 Å². The number of benzene rings is 1. The van der Waals surface area contributed by atoms with Gasteiger partial charge in [0.2, 0.25) is 9.84 Å². The first-order valence-corrected chi connectivity index (χ1v) is 8.75. The predicted molar refractivity (Wildman–Crippen MR) is 82.9 cm³/mol. The summed E-state index contributed by atoms with van der Waals surface area (Å²) < 4.78 is 24.1. The topological polar surface area (TPSA) is 34.1 Å². The summed E-state index contributed by atoms with van der Waals surface area (Å²) in [5.41, 5.74) is 1.08. The second-order valence-corrected chi connectivity index (χ2v) is 12.5. The fraction of sp³-hybridized carbons (Fsp3) is 0.250. The van der Waals surface area contributed by atoms with Gasteiger partial charge >= 0.3 is 0 Å². The third kappa shape index (κ3) is 2.94. The Labute approximate surface area is 125 Å². The summed E-state index contributed by atoms with van der Waals surface area (Å²) in [6.45, 7) is 1.95. The first-order valence-electron chi connectivity index (χ1n) is 3.64. The van der Waals surface area contributed by atoms with Crippen LogP contribution in [0.5, 0.6) is 0 Å². The van der Waals surface area contributed by atoms with Crippen LogP contribution in [0.3, 0.4) is 0 Å². The first-order chi connectivity index (χ1) is 6.35. The van der Waals surface area contributed by atoms with Crippen LogP contribution in [0.1, 0.15) is 5.56 Å². The Morgan fingerprint density at radius 2 is 1.86 bits per heavy atom. The highest BCUT2D eigenvalue weighted by Crippen LogP contribution is 2.29. The zero-order valence-electron chi connectivity index (χ0n) is 7.17. The summed E-state index contributed by atoms with van der Waals surface area (Å²) in [5.74, 6) is 0. The SMILES string of the molecule is Cc1ccc(S(=O)(=O)C(I)I)c(I)c1. The van der Waals surface area contributed by atoms with Crippen LogP contribution in [0.4, 0.5) is 0 Å². The van der Waals surface area contributed by atoms with Crippen molar-refractivity contribution in [1.82, 2.24) is 0 Å². The van der Waals surface area contributed by atoms with E-state index in [0.29, 0.717) is 4.90 Å². The van der Waals surface area contributed by atoms with E-state index in [2.05, 4.69) is 22.6 Å². The highest BCUT2D eigenvalue weighted by Gasteiger charge is 2.24. The first kappa shape index (κ1) is 13.4. The number of alkyl halides is 2. The molecule has 0 saturated carbocycles. The molecule has 0 N–H and O–H groups in total. The Kier molecular flexibility index (Phi) is 4.92. The molecule has 0 unspecified atom stereocenters. The predicted octanol–water partition coefficient (Wildman–Crippen LogP) is 3.53. The molecule has 14 heavy (non-hydrogen) atoms. The molecule has 6 heteroatoms. The average Bonchev–Trinajstić information content (AvgIpc) is 2.02. The number of sulfone groups is 1. The van der Waals surface area contributed by atoms with E-state index in [1.54, 1.807) is 6.07 Å². The fourth-order valence-electron chi connectivity index (χ4n) is 0.933. The molecular weight excluding hydrogens is 541 g/mol. The Balaban J connectivity index is 3.35.